The number of H-pyrrole nitrogens is 1. The van der Waals surface area contributed by atoms with Crippen LogP contribution in [0, 0.1) is 6.92 Å². The van der Waals surface area contributed by atoms with E-state index in [1.165, 1.54) is 18.2 Å². The summed E-state index contributed by atoms with van der Waals surface area (Å²) in [5, 5.41) is 1.47. The minimum absolute atomic E-state index is 0.0235. The van der Waals surface area contributed by atoms with Gasteiger partial charge in [-0.3, -0.25) is 4.72 Å². The third-order valence-corrected chi connectivity index (χ3v) is 4.95. The van der Waals surface area contributed by atoms with E-state index in [-0.39, 0.29) is 14.9 Å². The molecule has 1 aromatic heterocycles. The number of hydrogen-bond donors (Lipinski definition) is 2. The highest BCUT2D eigenvalue weighted by Crippen LogP contribution is 2.25. The van der Waals surface area contributed by atoms with E-state index >= 15 is 0 Å². The molecule has 3 aromatic rings. The van der Waals surface area contributed by atoms with Crippen molar-refractivity contribution in [2.24, 2.45) is 0 Å². The first-order valence-electron chi connectivity index (χ1n) is 6.42. The van der Waals surface area contributed by atoms with Gasteiger partial charge in [-0.05, 0) is 49.4 Å². The second-order valence-corrected chi connectivity index (χ2v) is 7.52. The standard InChI is InChI=1S/C15H12Cl2N2O2S/c1-9-4-10-5-13(2-3-15(10)18-9)19-22(20,21)14-7-11(16)6-12(17)8-14/h2-8,18-19H,1H3. The van der Waals surface area contributed by atoms with E-state index in [9.17, 15) is 8.42 Å². The van der Waals surface area contributed by atoms with Gasteiger partial charge in [-0.2, -0.15) is 0 Å². The zero-order chi connectivity index (χ0) is 15.9. The quantitative estimate of drug-likeness (QED) is 0.722. The highest BCUT2D eigenvalue weighted by Gasteiger charge is 2.16. The number of nitrogens with one attached hydrogen (secondary N) is 2. The molecule has 0 saturated heterocycles. The van der Waals surface area contributed by atoms with Gasteiger partial charge in [0.25, 0.3) is 10.0 Å². The van der Waals surface area contributed by atoms with Crippen LogP contribution >= 0.6 is 23.2 Å². The topological polar surface area (TPSA) is 62.0 Å². The normalized spacial score (nSPS) is 11.8. The van der Waals surface area contributed by atoms with E-state index in [1.807, 2.05) is 19.1 Å². The van der Waals surface area contributed by atoms with E-state index in [2.05, 4.69) is 9.71 Å². The third kappa shape index (κ3) is 3.06. The van der Waals surface area contributed by atoms with E-state index in [0.717, 1.165) is 16.6 Å². The summed E-state index contributed by atoms with van der Waals surface area (Å²) in [5.41, 5.74) is 2.44. The lowest BCUT2D eigenvalue weighted by Gasteiger charge is -2.09. The molecule has 3 rings (SSSR count). The van der Waals surface area contributed by atoms with Crippen molar-refractivity contribution in [3.8, 4) is 0 Å². The Morgan fingerprint density at radius 3 is 2.36 bits per heavy atom. The molecule has 0 spiro atoms. The highest BCUT2D eigenvalue weighted by molar-refractivity contribution is 7.92. The summed E-state index contributed by atoms with van der Waals surface area (Å²) in [7, 11) is -3.75. The van der Waals surface area contributed by atoms with Crippen LogP contribution in [0.5, 0.6) is 0 Å². The summed E-state index contributed by atoms with van der Waals surface area (Å²) < 4.78 is 27.4. The summed E-state index contributed by atoms with van der Waals surface area (Å²) in [5.74, 6) is 0. The molecule has 0 saturated carbocycles. The Bertz CT molecular complexity index is 945. The molecule has 2 N–H and O–H groups in total. The van der Waals surface area contributed by atoms with Crippen LogP contribution in [0.4, 0.5) is 5.69 Å². The number of hydrogen-bond acceptors (Lipinski definition) is 2. The first kappa shape index (κ1) is 15.2. The Morgan fingerprint density at radius 1 is 1.00 bits per heavy atom. The van der Waals surface area contributed by atoms with Crippen LogP contribution < -0.4 is 4.72 Å². The van der Waals surface area contributed by atoms with Gasteiger partial charge in [-0.1, -0.05) is 23.2 Å². The molecule has 114 valence electrons. The van der Waals surface area contributed by atoms with Crippen LogP contribution in [0.2, 0.25) is 10.0 Å². The van der Waals surface area contributed by atoms with Gasteiger partial charge in [0.15, 0.2) is 0 Å². The van der Waals surface area contributed by atoms with Crippen molar-refractivity contribution in [1.29, 1.82) is 0 Å². The van der Waals surface area contributed by atoms with Gasteiger partial charge in [0.2, 0.25) is 0 Å². The van der Waals surface area contributed by atoms with Gasteiger partial charge in [0.05, 0.1) is 4.90 Å². The fraction of sp³-hybridized carbons (Fsp3) is 0.0667. The molecular formula is C15H12Cl2N2O2S. The fourth-order valence-corrected chi connectivity index (χ4v) is 4.01. The Labute approximate surface area is 138 Å². The molecule has 1 heterocycles. The van der Waals surface area contributed by atoms with Crippen LogP contribution in [0.1, 0.15) is 5.69 Å². The second-order valence-electron chi connectivity index (χ2n) is 4.97. The Kier molecular flexibility index (Phi) is 3.80. The maximum atomic E-state index is 12.4. The van der Waals surface area contributed by atoms with Crippen molar-refractivity contribution >= 4 is 49.8 Å². The number of aryl methyl sites for hydroxylation is 1. The molecule has 0 aliphatic carbocycles. The van der Waals surface area contributed by atoms with Gasteiger partial charge in [0, 0.05) is 32.3 Å². The number of aromatic nitrogens is 1. The molecule has 0 radical (unpaired) electrons. The zero-order valence-corrected chi connectivity index (χ0v) is 13.9. The predicted octanol–water partition coefficient (Wildman–Crippen LogP) is 4.58. The molecule has 0 bridgehead atoms. The van der Waals surface area contributed by atoms with E-state index in [4.69, 9.17) is 23.2 Å². The summed E-state index contributed by atoms with van der Waals surface area (Å²) >= 11 is 11.7. The molecule has 0 atom stereocenters. The Morgan fingerprint density at radius 2 is 1.68 bits per heavy atom. The van der Waals surface area contributed by atoms with E-state index in [0.29, 0.717) is 5.69 Å². The van der Waals surface area contributed by atoms with Crippen LogP contribution in [0.3, 0.4) is 0 Å². The Balaban J connectivity index is 1.98. The molecule has 0 unspecified atom stereocenters. The number of sulfonamides is 1. The first-order valence-corrected chi connectivity index (χ1v) is 8.66. The van der Waals surface area contributed by atoms with Crippen LogP contribution in [-0.2, 0) is 10.0 Å². The molecule has 0 aliphatic rings. The predicted molar refractivity (Wildman–Crippen MR) is 90.3 cm³/mol. The largest absolute Gasteiger partial charge is 0.359 e. The molecule has 7 heteroatoms. The minimum Gasteiger partial charge on any atom is -0.359 e. The van der Waals surface area contributed by atoms with Crippen LogP contribution in [0.15, 0.2) is 47.4 Å². The lowest BCUT2D eigenvalue weighted by atomic mass is 10.2. The average molecular weight is 355 g/mol. The number of halogens is 2. The maximum absolute atomic E-state index is 12.4. The summed E-state index contributed by atoms with van der Waals surface area (Å²) in [6.45, 7) is 1.94. The third-order valence-electron chi connectivity index (χ3n) is 3.15. The average Bonchev–Trinajstić information content (AvgIpc) is 2.76. The number of benzene rings is 2. The number of rotatable bonds is 3. The zero-order valence-electron chi connectivity index (χ0n) is 11.5. The lowest BCUT2D eigenvalue weighted by Crippen LogP contribution is -2.12. The van der Waals surface area contributed by atoms with Crippen molar-refractivity contribution in [2.45, 2.75) is 11.8 Å². The van der Waals surface area contributed by atoms with Crippen molar-refractivity contribution < 1.29 is 8.42 Å². The highest BCUT2D eigenvalue weighted by atomic mass is 35.5. The van der Waals surface area contributed by atoms with Gasteiger partial charge in [-0.25, -0.2) is 8.42 Å². The summed E-state index contributed by atoms with van der Waals surface area (Å²) in [6.07, 6.45) is 0. The van der Waals surface area contributed by atoms with Crippen LogP contribution in [-0.4, -0.2) is 13.4 Å². The molecule has 0 aliphatic heterocycles. The minimum atomic E-state index is -3.75. The lowest BCUT2D eigenvalue weighted by molar-refractivity contribution is 0.601. The van der Waals surface area contributed by atoms with Gasteiger partial charge in [0.1, 0.15) is 0 Å². The molecule has 4 nitrogen and oxygen atoms in total. The van der Waals surface area contributed by atoms with E-state index in [1.54, 1.807) is 12.1 Å². The monoisotopic (exact) mass is 354 g/mol. The summed E-state index contributed by atoms with van der Waals surface area (Å²) in [6, 6.07) is 11.4. The first-order chi connectivity index (χ1) is 10.3. The van der Waals surface area contributed by atoms with Crippen molar-refractivity contribution in [3.05, 3.63) is 58.2 Å². The second kappa shape index (κ2) is 5.50. The van der Waals surface area contributed by atoms with Gasteiger partial charge in [-0.15, -0.1) is 0 Å². The Hall–Kier alpha value is -1.69. The van der Waals surface area contributed by atoms with Crippen LogP contribution in [0.25, 0.3) is 10.9 Å². The van der Waals surface area contributed by atoms with Crippen molar-refractivity contribution in [1.82, 2.24) is 4.98 Å². The van der Waals surface area contributed by atoms with Gasteiger partial charge >= 0.3 is 0 Å². The smallest absolute Gasteiger partial charge is 0.261 e. The number of anilines is 1. The van der Waals surface area contributed by atoms with Crippen molar-refractivity contribution in [2.75, 3.05) is 4.72 Å². The molecule has 0 fully saturated rings. The number of aromatic amines is 1. The van der Waals surface area contributed by atoms with Gasteiger partial charge < -0.3 is 4.98 Å². The molecular weight excluding hydrogens is 343 g/mol. The van der Waals surface area contributed by atoms with E-state index < -0.39 is 10.0 Å². The molecule has 0 amide bonds. The molecule has 2 aromatic carbocycles. The number of fused-ring (bicyclic) bond motifs is 1. The fourth-order valence-electron chi connectivity index (χ4n) is 2.24. The SMILES string of the molecule is Cc1cc2cc(NS(=O)(=O)c3cc(Cl)cc(Cl)c3)ccc2[nH]1. The van der Waals surface area contributed by atoms with Crippen molar-refractivity contribution in [3.63, 3.8) is 0 Å². The molecule has 22 heavy (non-hydrogen) atoms. The summed E-state index contributed by atoms with van der Waals surface area (Å²) in [4.78, 5) is 3.21. The maximum Gasteiger partial charge on any atom is 0.261 e.